The Morgan fingerprint density at radius 3 is 2.16 bits per heavy atom. The van der Waals surface area contributed by atoms with E-state index < -0.39 is 17.5 Å². The summed E-state index contributed by atoms with van der Waals surface area (Å²) >= 11 is 5.26. The third-order valence-electron chi connectivity index (χ3n) is 2.56. The van der Waals surface area contributed by atoms with Gasteiger partial charge < -0.3 is 9.47 Å². The van der Waals surface area contributed by atoms with Crippen LogP contribution >= 0.6 is 11.6 Å². The summed E-state index contributed by atoms with van der Waals surface area (Å²) in [5.41, 5.74) is -0.381. The molecule has 0 radical (unpaired) electrons. The van der Waals surface area contributed by atoms with Crippen molar-refractivity contribution >= 4 is 11.6 Å². The van der Waals surface area contributed by atoms with Crippen LogP contribution in [0.4, 0.5) is 22.0 Å². The minimum absolute atomic E-state index is 0.104. The van der Waals surface area contributed by atoms with Gasteiger partial charge >= 0.3 is 12.1 Å². The van der Waals surface area contributed by atoms with Crippen LogP contribution in [0.3, 0.4) is 0 Å². The molecule has 106 valence electrons. The van der Waals surface area contributed by atoms with Gasteiger partial charge in [0.2, 0.25) is 0 Å². The molecule has 1 heterocycles. The Labute approximate surface area is 110 Å². The van der Waals surface area contributed by atoms with Gasteiger partial charge in [0.1, 0.15) is 18.6 Å². The topological polar surface area (TPSA) is 18.5 Å². The molecule has 0 spiro atoms. The Kier molecular flexibility index (Phi) is 3.51. The van der Waals surface area contributed by atoms with Crippen molar-refractivity contribution in [3.05, 3.63) is 23.8 Å². The average molecular weight is 303 g/mol. The van der Waals surface area contributed by atoms with Crippen molar-refractivity contribution in [2.24, 2.45) is 0 Å². The molecule has 0 saturated heterocycles. The average Bonchev–Trinajstić information content (AvgIpc) is 2.36. The zero-order chi connectivity index (χ0) is 14.3. The quantitative estimate of drug-likeness (QED) is 0.608. The molecule has 1 unspecified atom stereocenters. The Bertz CT molecular complexity index is 475. The Balaban J connectivity index is 2.32. The lowest BCUT2D eigenvalue weighted by Crippen LogP contribution is -2.40. The molecule has 2 nitrogen and oxygen atoms in total. The molecule has 0 fully saturated rings. The summed E-state index contributed by atoms with van der Waals surface area (Å²) < 4.78 is 73.1. The highest BCUT2D eigenvalue weighted by atomic mass is 35.5. The summed E-state index contributed by atoms with van der Waals surface area (Å²) in [4.78, 5) is 0. The fourth-order valence-electron chi connectivity index (χ4n) is 1.57. The van der Waals surface area contributed by atoms with Gasteiger partial charge in [0.05, 0.1) is 0 Å². The second-order valence-corrected chi connectivity index (χ2v) is 4.32. The fourth-order valence-corrected chi connectivity index (χ4v) is 1.83. The Morgan fingerprint density at radius 2 is 1.58 bits per heavy atom. The van der Waals surface area contributed by atoms with E-state index in [0.717, 1.165) is 12.1 Å². The number of fused-ring (bicyclic) bond motifs is 1. The number of ether oxygens (including phenoxy) is 2. The molecule has 19 heavy (non-hydrogen) atoms. The monoisotopic (exact) mass is 302 g/mol. The molecule has 0 bridgehead atoms. The van der Waals surface area contributed by atoms with Crippen molar-refractivity contribution in [1.82, 2.24) is 0 Å². The molecule has 1 atom stereocenters. The molecule has 8 heteroatoms. The zero-order valence-corrected chi connectivity index (χ0v) is 10.1. The lowest BCUT2D eigenvalue weighted by molar-refractivity contribution is -0.283. The maximum atomic E-state index is 13.1. The first kappa shape index (κ1) is 14.2. The van der Waals surface area contributed by atoms with Crippen molar-refractivity contribution in [3.63, 3.8) is 0 Å². The molecule has 0 amide bonds. The molecule has 1 aromatic carbocycles. The van der Waals surface area contributed by atoms with E-state index in [1.807, 2.05) is 0 Å². The first-order valence-corrected chi connectivity index (χ1v) is 5.65. The first-order chi connectivity index (χ1) is 8.73. The van der Waals surface area contributed by atoms with E-state index in [0.29, 0.717) is 0 Å². The van der Waals surface area contributed by atoms with Crippen LogP contribution in [-0.4, -0.2) is 25.3 Å². The van der Waals surface area contributed by atoms with E-state index in [9.17, 15) is 22.0 Å². The van der Waals surface area contributed by atoms with Crippen LogP contribution in [0.1, 0.15) is 10.9 Å². The van der Waals surface area contributed by atoms with Crippen molar-refractivity contribution in [2.45, 2.75) is 17.5 Å². The molecule has 0 saturated carbocycles. The highest BCUT2D eigenvalue weighted by Gasteiger charge is 2.62. The summed E-state index contributed by atoms with van der Waals surface area (Å²) in [6, 6.07) is 3.35. The number of alkyl halides is 6. The van der Waals surface area contributed by atoms with Crippen LogP contribution in [0.2, 0.25) is 0 Å². The number of halogens is 6. The number of hydrogen-bond acceptors (Lipinski definition) is 2. The van der Waals surface area contributed by atoms with Crippen molar-refractivity contribution in [2.75, 3.05) is 13.2 Å². The van der Waals surface area contributed by atoms with Crippen LogP contribution in [0.25, 0.3) is 0 Å². The Hall–Kier alpha value is -1.24. The minimum Gasteiger partial charge on any atom is -0.486 e. The SMILES string of the molecule is FC(F)(F)C(F)(F)C(Cl)c1ccc2c(c1)OCCO2. The number of hydrogen-bond donors (Lipinski definition) is 0. The summed E-state index contributed by atoms with van der Waals surface area (Å²) in [5, 5.41) is -2.52. The van der Waals surface area contributed by atoms with Crippen LogP contribution in [0.15, 0.2) is 18.2 Å². The van der Waals surface area contributed by atoms with Crippen molar-refractivity contribution in [1.29, 1.82) is 0 Å². The van der Waals surface area contributed by atoms with Gasteiger partial charge in [-0.25, -0.2) is 0 Å². The smallest absolute Gasteiger partial charge is 0.455 e. The molecule has 1 aliphatic heterocycles. The predicted molar refractivity (Wildman–Crippen MR) is 57.0 cm³/mol. The molecular formula is C11H8ClF5O2. The van der Waals surface area contributed by atoms with Gasteiger partial charge in [-0.05, 0) is 17.7 Å². The van der Waals surface area contributed by atoms with Gasteiger partial charge in [0.25, 0.3) is 0 Å². The molecule has 0 aromatic heterocycles. The van der Waals surface area contributed by atoms with Crippen molar-refractivity contribution < 1.29 is 31.4 Å². The highest BCUT2D eigenvalue weighted by molar-refractivity contribution is 6.21. The van der Waals surface area contributed by atoms with E-state index in [1.54, 1.807) is 0 Å². The summed E-state index contributed by atoms with van der Waals surface area (Å²) in [7, 11) is 0. The Morgan fingerprint density at radius 1 is 1.00 bits per heavy atom. The molecule has 0 aliphatic carbocycles. The summed E-state index contributed by atoms with van der Waals surface area (Å²) in [6.45, 7) is 0.481. The zero-order valence-electron chi connectivity index (χ0n) is 9.31. The first-order valence-electron chi connectivity index (χ1n) is 5.21. The minimum atomic E-state index is -5.72. The van der Waals surface area contributed by atoms with E-state index in [-0.39, 0.29) is 30.3 Å². The van der Waals surface area contributed by atoms with Crippen LogP contribution in [0, 0.1) is 0 Å². The normalized spacial score (nSPS) is 17.2. The second kappa shape index (κ2) is 4.70. The van der Waals surface area contributed by atoms with Gasteiger partial charge in [0.15, 0.2) is 11.5 Å². The van der Waals surface area contributed by atoms with Crippen LogP contribution in [0.5, 0.6) is 11.5 Å². The van der Waals surface area contributed by atoms with Gasteiger partial charge in [-0.3, -0.25) is 0 Å². The summed E-state index contributed by atoms with van der Waals surface area (Å²) in [5.74, 6) is -4.64. The maximum absolute atomic E-state index is 13.1. The van der Waals surface area contributed by atoms with E-state index in [1.165, 1.54) is 6.07 Å². The molecule has 0 N–H and O–H groups in total. The van der Waals surface area contributed by atoms with E-state index in [4.69, 9.17) is 21.1 Å². The fraction of sp³-hybridized carbons (Fsp3) is 0.455. The van der Waals surface area contributed by atoms with Crippen LogP contribution < -0.4 is 9.47 Å². The van der Waals surface area contributed by atoms with Crippen LogP contribution in [-0.2, 0) is 0 Å². The second-order valence-electron chi connectivity index (χ2n) is 3.89. The van der Waals surface area contributed by atoms with Gasteiger partial charge in [-0.2, -0.15) is 22.0 Å². The maximum Gasteiger partial charge on any atom is 0.455 e. The molecule has 1 aromatic rings. The van der Waals surface area contributed by atoms with Gasteiger partial charge in [0, 0.05) is 0 Å². The molecular weight excluding hydrogens is 295 g/mol. The lowest BCUT2D eigenvalue weighted by atomic mass is 10.1. The van der Waals surface area contributed by atoms with Gasteiger partial charge in [-0.1, -0.05) is 6.07 Å². The molecule has 1 aliphatic rings. The summed E-state index contributed by atoms with van der Waals surface area (Å²) in [6.07, 6.45) is -5.72. The number of benzene rings is 1. The lowest BCUT2D eigenvalue weighted by Gasteiger charge is -2.25. The van der Waals surface area contributed by atoms with E-state index >= 15 is 0 Å². The van der Waals surface area contributed by atoms with Gasteiger partial charge in [-0.15, -0.1) is 11.6 Å². The third-order valence-corrected chi connectivity index (χ3v) is 3.08. The standard InChI is InChI=1S/C11H8ClF5O2/c12-9(10(13,14)11(15,16)17)6-1-2-7-8(5-6)19-4-3-18-7/h1-2,5,9H,3-4H2. The van der Waals surface area contributed by atoms with E-state index in [2.05, 4.69) is 0 Å². The third kappa shape index (κ3) is 2.56. The molecule has 2 rings (SSSR count). The number of rotatable bonds is 2. The van der Waals surface area contributed by atoms with Crippen molar-refractivity contribution in [3.8, 4) is 11.5 Å². The largest absolute Gasteiger partial charge is 0.486 e. The predicted octanol–water partition coefficient (Wildman–Crippen LogP) is 3.94. The highest BCUT2D eigenvalue weighted by Crippen LogP contribution is 2.49.